The third kappa shape index (κ3) is 5.47. The molecule has 5 nitrogen and oxygen atoms in total. The molecule has 5 heteroatoms. The first kappa shape index (κ1) is 16.3. The highest BCUT2D eigenvalue weighted by Crippen LogP contribution is 2.25. The molecule has 0 saturated carbocycles. The topological polar surface area (TPSA) is 67.2 Å². The molecule has 0 fully saturated rings. The first-order valence-electron chi connectivity index (χ1n) is 7.16. The molecule has 0 aliphatic heterocycles. The van der Waals surface area contributed by atoms with Crippen LogP contribution in [0.25, 0.3) is 0 Å². The minimum absolute atomic E-state index is 0.105. The summed E-state index contributed by atoms with van der Waals surface area (Å²) in [6.45, 7) is 6.55. The maximum absolute atomic E-state index is 10.9. The van der Waals surface area contributed by atoms with Gasteiger partial charge in [-0.1, -0.05) is 26.7 Å². The molecule has 1 aromatic carbocycles. The molecule has 0 radical (unpaired) electrons. The lowest BCUT2D eigenvalue weighted by Gasteiger charge is -2.16. The molecule has 112 valence electrons. The van der Waals surface area contributed by atoms with Gasteiger partial charge in [-0.15, -0.1) is 0 Å². The van der Waals surface area contributed by atoms with Gasteiger partial charge in [0.1, 0.15) is 0 Å². The Hall–Kier alpha value is -1.78. The Morgan fingerprint density at radius 2 is 1.80 bits per heavy atom. The fourth-order valence-electron chi connectivity index (χ4n) is 2.13. The average molecular weight is 279 g/mol. The number of nitrogens with one attached hydrogen (secondary N) is 2. The number of nitro groups is 1. The Bertz CT molecular complexity index is 447. The third-order valence-electron chi connectivity index (χ3n) is 3.25. The van der Waals surface area contributed by atoms with E-state index in [9.17, 15) is 10.1 Å². The molecule has 20 heavy (non-hydrogen) atoms. The third-order valence-corrected chi connectivity index (χ3v) is 3.25. The van der Waals surface area contributed by atoms with Crippen molar-refractivity contribution < 1.29 is 4.92 Å². The average Bonchev–Trinajstić information content (AvgIpc) is 2.37. The molecule has 0 heterocycles. The number of nitro benzene ring substituents is 1. The summed E-state index contributed by atoms with van der Waals surface area (Å²) in [6.07, 6.45) is 3.44. The fraction of sp³-hybridized carbons (Fsp3) is 0.600. The van der Waals surface area contributed by atoms with Gasteiger partial charge in [-0.25, -0.2) is 0 Å². The van der Waals surface area contributed by atoms with Crippen molar-refractivity contribution >= 4 is 17.1 Å². The van der Waals surface area contributed by atoms with E-state index in [0.717, 1.165) is 23.7 Å². The number of hydrogen-bond acceptors (Lipinski definition) is 4. The van der Waals surface area contributed by atoms with Crippen LogP contribution in [0.3, 0.4) is 0 Å². The van der Waals surface area contributed by atoms with Crippen molar-refractivity contribution in [3.63, 3.8) is 0 Å². The molecule has 0 amide bonds. The number of hydrogen-bond donors (Lipinski definition) is 2. The summed E-state index contributed by atoms with van der Waals surface area (Å²) in [6, 6.07) is 5.32. The Morgan fingerprint density at radius 1 is 1.15 bits per heavy atom. The zero-order valence-electron chi connectivity index (χ0n) is 12.8. The van der Waals surface area contributed by atoms with Gasteiger partial charge in [-0.05, 0) is 25.3 Å². The predicted molar refractivity (Wildman–Crippen MR) is 84.4 cm³/mol. The molecule has 0 bridgehead atoms. The van der Waals surface area contributed by atoms with Crippen LogP contribution in [0.5, 0.6) is 0 Å². The second kappa shape index (κ2) is 7.72. The van der Waals surface area contributed by atoms with Crippen molar-refractivity contribution in [2.75, 3.05) is 17.7 Å². The number of non-ortho nitro benzene ring substituents is 1. The van der Waals surface area contributed by atoms with Crippen molar-refractivity contribution in [3.8, 4) is 0 Å². The molecule has 0 spiro atoms. The summed E-state index contributed by atoms with van der Waals surface area (Å²) in [5.41, 5.74) is 1.64. The molecule has 1 atom stereocenters. The molecule has 0 saturated heterocycles. The van der Waals surface area contributed by atoms with E-state index in [-0.39, 0.29) is 10.6 Å². The van der Waals surface area contributed by atoms with Gasteiger partial charge >= 0.3 is 0 Å². The Kier molecular flexibility index (Phi) is 6.28. The van der Waals surface area contributed by atoms with Gasteiger partial charge in [0.25, 0.3) is 5.69 Å². The van der Waals surface area contributed by atoms with E-state index in [1.165, 1.54) is 18.9 Å². The number of rotatable bonds is 8. The van der Waals surface area contributed by atoms with Crippen LogP contribution in [0.1, 0.15) is 40.0 Å². The molecule has 0 aromatic heterocycles. The molecule has 0 aliphatic rings. The van der Waals surface area contributed by atoms with Crippen molar-refractivity contribution in [1.82, 2.24) is 0 Å². The molecular formula is C15H25N3O2. The van der Waals surface area contributed by atoms with Crippen molar-refractivity contribution in [1.29, 1.82) is 0 Å². The monoisotopic (exact) mass is 279 g/mol. The predicted octanol–water partition coefficient (Wildman–Crippen LogP) is 4.26. The minimum atomic E-state index is -0.366. The van der Waals surface area contributed by atoms with Crippen molar-refractivity contribution in [2.24, 2.45) is 5.92 Å². The van der Waals surface area contributed by atoms with Crippen LogP contribution in [-0.4, -0.2) is 18.0 Å². The minimum Gasteiger partial charge on any atom is -0.388 e. The first-order chi connectivity index (χ1) is 9.42. The lowest BCUT2D eigenvalue weighted by Crippen LogP contribution is -2.15. The first-order valence-corrected chi connectivity index (χ1v) is 7.16. The summed E-state index contributed by atoms with van der Waals surface area (Å²) in [5.74, 6) is 0.718. The van der Waals surface area contributed by atoms with Crippen LogP contribution in [0, 0.1) is 16.0 Å². The second-order valence-corrected chi connectivity index (χ2v) is 5.65. The van der Waals surface area contributed by atoms with Crippen LogP contribution in [0.2, 0.25) is 0 Å². The molecular weight excluding hydrogens is 254 g/mol. The molecule has 1 aromatic rings. The second-order valence-electron chi connectivity index (χ2n) is 5.65. The van der Waals surface area contributed by atoms with Crippen LogP contribution in [0.15, 0.2) is 18.2 Å². The fourth-order valence-corrected chi connectivity index (χ4v) is 2.13. The molecule has 0 aliphatic carbocycles. The summed E-state index contributed by atoms with van der Waals surface area (Å²) in [7, 11) is 1.76. The number of nitrogens with zero attached hydrogens (tertiary/aromatic N) is 1. The van der Waals surface area contributed by atoms with E-state index in [2.05, 4.69) is 31.4 Å². The standard InChI is InChI=1S/C15H25N3O2/c1-11(2)6-5-7-12(3)17-14-8-13(16-4)9-15(10-14)18(19)20/h8-12,16-17H,5-7H2,1-4H3. The van der Waals surface area contributed by atoms with E-state index in [1.807, 2.05) is 6.07 Å². The SMILES string of the molecule is CNc1cc(NC(C)CCCC(C)C)cc([N+](=O)[O-])c1. The quantitative estimate of drug-likeness (QED) is 0.551. The zero-order chi connectivity index (χ0) is 15.1. The van der Waals surface area contributed by atoms with Crippen LogP contribution >= 0.6 is 0 Å². The van der Waals surface area contributed by atoms with Gasteiger partial charge in [-0.2, -0.15) is 0 Å². The van der Waals surface area contributed by atoms with Gasteiger partial charge in [0.2, 0.25) is 0 Å². The van der Waals surface area contributed by atoms with E-state index in [4.69, 9.17) is 0 Å². The summed E-state index contributed by atoms with van der Waals surface area (Å²) >= 11 is 0. The molecule has 1 rings (SSSR count). The van der Waals surface area contributed by atoms with Crippen LogP contribution in [0.4, 0.5) is 17.1 Å². The largest absolute Gasteiger partial charge is 0.388 e. The molecule has 2 N–H and O–H groups in total. The Morgan fingerprint density at radius 3 is 2.35 bits per heavy atom. The van der Waals surface area contributed by atoms with E-state index >= 15 is 0 Å². The summed E-state index contributed by atoms with van der Waals surface area (Å²) < 4.78 is 0. The maximum Gasteiger partial charge on any atom is 0.273 e. The normalized spacial score (nSPS) is 12.2. The smallest absolute Gasteiger partial charge is 0.273 e. The van der Waals surface area contributed by atoms with Gasteiger partial charge in [0.15, 0.2) is 0 Å². The van der Waals surface area contributed by atoms with E-state index in [0.29, 0.717) is 6.04 Å². The highest BCUT2D eigenvalue weighted by Gasteiger charge is 2.11. The highest BCUT2D eigenvalue weighted by atomic mass is 16.6. The van der Waals surface area contributed by atoms with Crippen molar-refractivity contribution in [3.05, 3.63) is 28.3 Å². The Labute approximate surface area is 120 Å². The summed E-state index contributed by atoms with van der Waals surface area (Å²) in [5, 5.41) is 17.2. The van der Waals surface area contributed by atoms with Crippen LogP contribution in [-0.2, 0) is 0 Å². The van der Waals surface area contributed by atoms with Gasteiger partial charge in [0, 0.05) is 36.6 Å². The van der Waals surface area contributed by atoms with Crippen molar-refractivity contribution in [2.45, 2.75) is 46.1 Å². The summed E-state index contributed by atoms with van der Waals surface area (Å²) in [4.78, 5) is 10.5. The lowest BCUT2D eigenvalue weighted by atomic mass is 10.0. The van der Waals surface area contributed by atoms with E-state index < -0.39 is 0 Å². The lowest BCUT2D eigenvalue weighted by molar-refractivity contribution is -0.384. The number of anilines is 2. The van der Waals surface area contributed by atoms with Crippen LogP contribution < -0.4 is 10.6 Å². The number of benzene rings is 1. The zero-order valence-corrected chi connectivity index (χ0v) is 12.8. The highest BCUT2D eigenvalue weighted by molar-refractivity contribution is 5.63. The Balaban J connectivity index is 2.66. The van der Waals surface area contributed by atoms with Gasteiger partial charge in [0.05, 0.1) is 4.92 Å². The van der Waals surface area contributed by atoms with Gasteiger partial charge in [-0.3, -0.25) is 10.1 Å². The maximum atomic E-state index is 10.9. The van der Waals surface area contributed by atoms with E-state index in [1.54, 1.807) is 13.1 Å². The molecule has 1 unspecified atom stereocenters. The van der Waals surface area contributed by atoms with Gasteiger partial charge < -0.3 is 10.6 Å².